The number of fused-ring (bicyclic) bond motifs is 3. The zero-order chi connectivity index (χ0) is 13.4. The number of Topliss-reactive ketones (excluding diaryl/α,β-unsaturated/α-hetero) is 1. The van der Waals surface area contributed by atoms with Crippen molar-refractivity contribution in [1.82, 2.24) is 9.80 Å². The Morgan fingerprint density at radius 2 is 2.05 bits per heavy atom. The van der Waals surface area contributed by atoms with Gasteiger partial charge in [-0.3, -0.25) is 14.6 Å². The highest BCUT2D eigenvalue weighted by Gasteiger charge is 2.37. The van der Waals surface area contributed by atoms with Crippen molar-refractivity contribution in [2.45, 2.75) is 6.04 Å². The Morgan fingerprint density at radius 3 is 2.63 bits per heavy atom. The number of benzene rings is 1. The fourth-order valence-electron chi connectivity index (χ4n) is 2.92. The molecule has 1 unspecified atom stereocenters. The van der Waals surface area contributed by atoms with Crippen molar-refractivity contribution >= 4 is 17.4 Å². The van der Waals surface area contributed by atoms with E-state index in [1.807, 2.05) is 0 Å². The minimum absolute atomic E-state index is 0.0603. The number of ketones is 1. The molecule has 1 atom stereocenters. The molecule has 4 rings (SSSR count). The molecular formula is C14H17ClN2O2. The number of piperazine rings is 3. The summed E-state index contributed by atoms with van der Waals surface area (Å²) in [4.78, 5) is 17.3. The smallest absolute Gasteiger partial charge is 0.185 e. The lowest BCUT2D eigenvalue weighted by molar-refractivity contribution is 0.0158. The van der Waals surface area contributed by atoms with Crippen LogP contribution in [0.15, 0.2) is 18.2 Å². The maximum atomic E-state index is 12.7. The average Bonchev–Trinajstić information content (AvgIpc) is 2.47. The standard InChI is InChI=1S/C14H17ClN2O2/c1-19-13-3-2-10(15)8-11(13)14(18)12-9-16-4-6-17(12)7-5-16/h2-3,8,12H,4-7,9H2,1H3. The summed E-state index contributed by atoms with van der Waals surface area (Å²) in [6.07, 6.45) is 0. The molecule has 1 aromatic carbocycles. The number of carbonyl (C=O) groups excluding carboxylic acids is 1. The van der Waals surface area contributed by atoms with Crippen LogP contribution in [-0.4, -0.2) is 61.5 Å². The third kappa shape index (κ3) is 2.36. The number of hydrogen-bond acceptors (Lipinski definition) is 4. The molecule has 0 saturated carbocycles. The second-order valence-electron chi connectivity index (χ2n) is 5.06. The van der Waals surface area contributed by atoms with Gasteiger partial charge in [0.25, 0.3) is 0 Å². The Kier molecular flexibility index (Phi) is 3.48. The van der Waals surface area contributed by atoms with Gasteiger partial charge in [-0.25, -0.2) is 0 Å². The lowest BCUT2D eigenvalue weighted by atomic mass is 9.97. The maximum absolute atomic E-state index is 12.7. The van der Waals surface area contributed by atoms with Crippen LogP contribution >= 0.6 is 11.6 Å². The summed E-state index contributed by atoms with van der Waals surface area (Å²) < 4.78 is 5.28. The van der Waals surface area contributed by atoms with Crippen molar-refractivity contribution in [2.24, 2.45) is 0 Å². The third-order valence-electron chi connectivity index (χ3n) is 4.01. The van der Waals surface area contributed by atoms with E-state index in [0.29, 0.717) is 16.3 Å². The molecule has 3 heterocycles. The molecule has 2 bridgehead atoms. The van der Waals surface area contributed by atoms with Crippen LogP contribution in [0.1, 0.15) is 10.4 Å². The highest BCUT2D eigenvalue weighted by Crippen LogP contribution is 2.27. The molecule has 4 nitrogen and oxygen atoms in total. The summed E-state index contributed by atoms with van der Waals surface area (Å²) in [6, 6.07) is 5.15. The maximum Gasteiger partial charge on any atom is 0.185 e. The van der Waals surface area contributed by atoms with Gasteiger partial charge in [0, 0.05) is 37.7 Å². The van der Waals surface area contributed by atoms with E-state index in [4.69, 9.17) is 16.3 Å². The van der Waals surface area contributed by atoms with Gasteiger partial charge in [-0.2, -0.15) is 0 Å². The van der Waals surface area contributed by atoms with Gasteiger partial charge in [-0.1, -0.05) is 11.6 Å². The predicted molar refractivity (Wildman–Crippen MR) is 74.1 cm³/mol. The van der Waals surface area contributed by atoms with E-state index in [0.717, 1.165) is 32.7 Å². The van der Waals surface area contributed by atoms with E-state index in [-0.39, 0.29) is 11.8 Å². The van der Waals surface area contributed by atoms with Crippen LogP contribution in [0.25, 0.3) is 0 Å². The highest BCUT2D eigenvalue weighted by molar-refractivity contribution is 6.31. The summed E-state index contributed by atoms with van der Waals surface area (Å²) in [5.41, 5.74) is 0.591. The first-order valence-electron chi connectivity index (χ1n) is 6.53. The first-order valence-corrected chi connectivity index (χ1v) is 6.91. The molecule has 0 spiro atoms. The largest absolute Gasteiger partial charge is 0.496 e. The second-order valence-corrected chi connectivity index (χ2v) is 5.50. The number of halogens is 1. The quantitative estimate of drug-likeness (QED) is 0.786. The number of rotatable bonds is 3. The Labute approximate surface area is 117 Å². The summed E-state index contributed by atoms with van der Waals surface area (Å²) in [5.74, 6) is 0.718. The topological polar surface area (TPSA) is 32.8 Å². The van der Waals surface area contributed by atoms with Gasteiger partial charge >= 0.3 is 0 Å². The second kappa shape index (κ2) is 5.12. The van der Waals surface area contributed by atoms with Gasteiger partial charge in [0.2, 0.25) is 0 Å². The molecule has 3 aliphatic heterocycles. The Bertz CT molecular complexity index is 498. The minimum Gasteiger partial charge on any atom is -0.496 e. The van der Waals surface area contributed by atoms with Crippen LogP contribution in [0.4, 0.5) is 0 Å². The van der Waals surface area contributed by atoms with Gasteiger partial charge in [-0.15, -0.1) is 0 Å². The summed E-state index contributed by atoms with van der Waals surface area (Å²) >= 11 is 6.00. The molecule has 0 N–H and O–H groups in total. The van der Waals surface area contributed by atoms with Crippen LogP contribution in [0, 0.1) is 0 Å². The monoisotopic (exact) mass is 280 g/mol. The Morgan fingerprint density at radius 1 is 1.32 bits per heavy atom. The van der Waals surface area contributed by atoms with E-state index in [2.05, 4.69) is 9.80 Å². The minimum atomic E-state index is -0.0603. The fraction of sp³-hybridized carbons (Fsp3) is 0.500. The predicted octanol–water partition coefficient (Wildman–Crippen LogP) is 1.53. The first kappa shape index (κ1) is 12.9. The number of nitrogens with zero attached hydrogens (tertiary/aromatic N) is 2. The first-order chi connectivity index (χ1) is 9.19. The van der Waals surface area contributed by atoms with E-state index < -0.39 is 0 Å². The van der Waals surface area contributed by atoms with Crippen LogP contribution in [0.2, 0.25) is 5.02 Å². The summed E-state index contributed by atoms with van der Waals surface area (Å²) in [7, 11) is 1.58. The Balaban J connectivity index is 1.89. The van der Waals surface area contributed by atoms with E-state index in [9.17, 15) is 4.79 Å². The molecule has 0 aliphatic carbocycles. The van der Waals surface area contributed by atoms with Crippen LogP contribution in [0.5, 0.6) is 5.75 Å². The molecular weight excluding hydrogens is 264 g/mol. The fourth-order valence-corrected chi connectivity index (χ4v) is 3.09. The zero-order valence-corrected chi connectivity index (χ0v) is 11.7. The molecule has 0 aromatic heterocycles. The van der Waals surface area contributed by atoms with Crippen molar-refractivity contribution in [2.75, 3.05) is 39.8 Å². The highest BCUT2D eigenvalue weighted by atomic mass is 35.5. The van der Waals surface area contributed by atoms with Crippen molar-refractivity contribution in [3.63, 3.8) is 0 Å². The van der Waals surface area contributed by atoms with Crippen molar-refractivity contribution in [3.05, 3.63) is 28.8 Å². The molecule has 3 fully saturated rings. The molecule has 0 amide bonds. The Hall–Kier alpha value is -1.10. The molecule has 3 saturated heterocycles. The van der Waals surface area contributed by atoms with E-state index >= 15 is 0 Å². The molecule has 5 heteroatoms. The average molecular weight is 281 g/mol. The van der Waals surface area contributed by atoms with Gasteiger partial charge in [0.1, 0.15) is 5.75 Å². The van der Waals surface area contributed by atoms with Gasteiger partial charge in [-0.05, 0) is 18.2 Å². The molecule has 102 valence electrons. The number of ether oxygens (including phenoxy) is 1. The van der Waals surface area contributed by atoms with Crippen molar-refractivity contribution < 1.29 is 9.53 Å². The van der Waals surface area contributed by atoms with Crippen molar-refractivity contribution in [3.8, 4) is 5.75 Å². The number of carbonyl (C=O) groups is 1. The molecule has 1 aromatic rings. The van der Waals surface area contributed by atoms with Crippen LogP contribution in [0.3, 0.4) is 0 Å². The van der Waals surface area contributed by atoms with Gasteiger partial charge < -0.3 is 4.74 Å². The zero-order valence-electron chi connectivity index (χ0n) is 10.9. The molecule has 3 aliphatic rings. The summed E-state index contributed by atoms with van der Waals surface area (Å²) in [5, 5.41) is 0.570. The van der Waals surface area contributed by atoms with E-state index in [1.165, 1.54) is 0 Å². The van der Waals surface area contributed by atoms with Gasteiger partial charge in [0.05, 0.1) is 18.7 Å². The third-order valence-corrected chi connectivity index (χ3v) is 4.24. The van der Waals surface area contributed by atoms with Crippen LogP contribution < -0.4 is 4.74 Å². The number of methoxy groups -OCH3 is 1. The molecule has 19 heavy (non-hydrogen) atoms. The van der Waals surface area contributed by atoms with Crippen LogP contribution in [-0.2, 0) is 0 Å². The normalized spacial score (nSPS) is 29.3. The summed E-state index contributed by atoms with van der Waals surface area (Å²) in [6.45, 7) is 4.89. The van der Waals surface area contributed by atoms with Gasteiger partial charge in [0.15, 0.2) is 5.78 Å². The lowest BCUT2D eigenvalue weighted by Gasteiger charge is -2.46. The number of hydrogen-bond donors (Lipinski definition) is 0. The molecule has 0 radical (unpaired) electrons. The lowest BCUT2D eigenvalue weighted by Crippen LogP contribution is -2.63. The SMILES string of the molecule is COc1ccc(Cl)cc1C(=O)C1CN2CCN1CC2. The van der Waals surface area contributed by atoms with Crippen molar-refractivity contribution in [1.29, 1.82) is 0 Å². The van der Waals surface area contributed by atoms with E-state index in [1.54, 1.807) is 25.3 Å².